The molecule has 0 spiro atoms. The quantitative estimate of drug-likeness (QED) is 0.551. The summed E-state index contributed by atoms with van der Waals surface area (Å²) in [6.07, 6.45) is 3.32. The fourth-order valence-corrected chi connectivity index (χ4v) is 1.61. The first-order valence-electron chi connectivity index (χ1n) is 5.74. The summed E-state index contributed by atoms with van der Waals surface area (Å²) < 4.78 is 4.91. The number of allylic oxidation sites excluding steroid dienone is 2. The van der Waals surface area contributed by atoms with Crippen molar-refractivity contribution in [2.24, 2.45) is 11.5 Å². The van der Waals surface area contributed by atoms with E-state index in [1.807, 2.05) is 0 Å². The first-order chi connectivity index (χ1) is 8.93. The summed E-state index contributed by atoms with van der Waals surface area (Å²) in [5, 5.41) is 8.57. The van der Waals surface area contributed by atoms with Crippen LogP contribution in [-0.4, -0.2) is 35.4 Å². The zero-order valence-electron chi connectivity index (χ0n) is 10.3. The van der Waals surface area contributed by atoms with Crippen LogP contribution in [0, 0.1) is 0 Å². The van der Waals surface area contributed by atoms with Crippen LogP contribution in [-0.2, 0) is 19.1 Å². The number of Topliss-reactive ketones (excluding diaryl/α,β-unsaturated/α-hetero) is 1. The summed E-state index contributed by atoms with van der Waals surface area (Å²) in [4.78, 5) is 33.2. The predicted molar refractivity (Wildman–Crippen MR) is 65.8 cm³/mol. The van der Waals surface area contributed by atoms with Crippen LogP contribution in [0.1, 0.15) is 19.3 Å². The molecule has 7 nitrogen and oxygen atoms in total. The lowest BCUT2D eigenvalue weighted by molar-refractivity contribution is -0.139. The average Bonchev–Trinajstić information content (AvgIpc) is 2.37. The third kappa shape index (κ3) is 4.65. The Morgan fingerprint density at radius 2 is 2.00 bits per heavy atom. The van der Waals surface area contributed by atoms with Crippen LogP contribution in [0.3, 0.4) is 0 Å². The number of carboxylic acids is 1. The van der Waals surface area contributed by atoms with E-state index in [1.54, 1.807) is 12.2 Å². The molecule has 0 amide bonds. The van der Waals surface area contributed by atoms with Crippen molar-refractivity contribution in [3.63, 3.8) is 0 Å². The number of ether oxygens (including phenoxy) is 1. The molecule has 0 saturated carbocycles. The largest absolute Gasteiger partial charge is 0.481 e. The van der Waals surface area contributed by atoms with Gasteiger partial charge in [0.25, 0.3) is 0 Å². The van der Waals surface area contributed by atoms with E-state index in [2.05, 4.69) is 0 Å². The van der Waals surface area contributed by atoms with Crippen molar-refractivity contribution in [1.29, 1.82) is 0 Å². The number of carbonyl (C=O) groups excluding carboxylic acids is 2. The first kappa shape index (κ1) is 15.1. The van der Waals surface area contributed by atoms with E-state index in [9.17, 15) is 14.4 Å². The van der Waals surface area contributed by atoms with Crippen molar-refractivity contribution in [1.82, 2.24) is 0 Å². The second-order valence-corrected chi connectivity index (χ2v) is 4.05. The van der Waals surface area contributed by atoms with Crippen molar-refractivity contribution >= 4 is 17.7 Å². The number of rotatable bonds is 6. The number of ketones is 1. The number of nitrogens with two attached hydrogens (primary N) is 2. The van der Waals surface area contributed by atoms with E-state index in [0.29, 0.717) is 11.3 Å². The Bertz CT molecular complexity index is 453. The Balaban J connectivity index is 2.54. The topological polar surface area (TPSA) is 133 Å². The van der Waals surface area contributed by atoms with Crippen LogP contribution in [0.5, 0.6) is 0 Å². The van der Waals surface area contributed by atoms with Crippen LogP contribution in [0.4, 0.5) is 0 Å². The highest BCUT2D eigenvalue weighted by molar-refractivity contribution is 6.01. The minimum absolute atomic E-state index is 0.212. The second-order valence-electron chi connectivity index (χ2n) is 4.05. The van der Waals surface area contributed by atoms with Crippen molar-refractivity contribution in [3.05, 3.63) is 23.5 Å². The fourth-order valence-electron chi connectivity index (χ4n) is 1.61. The Kier molecular flexibility index (Phi) is 5.40. The van der Waals surface area contributed by atoms with E-state index in [1.165, 1.54) is 0 Å². The van der Waals surface area contributed by atoms with Crippen LogP contribution in [0.2, 0.25) is 0 Å². The van der Waals surface area contributed by atoms with E-state index < -0.39 is 30.2 Å². The monoisotopic (exact) mass is 268 g/mol. The molecule has 1 aliphatic rings. The van der Waals surface area contributed by atoms with Gasteiger partial charge >= 0.3 is 11.9 Å². The molecule has 104 valence electrons. The van der Waals surface area contributed by atoms with Gasteiger partial charge in [-0.25, -0.2) is 0 Å². The van der Waals surface area contributed by atoms with Gasteiger partial charge in [0.1, 0.15) is 5.76 Å². The predicted octanol–water partition coefficient (Wildman–Crippen LogP) is -0.536. The van der Waals surface area contributed by atoms with Crippen molar-refractivity contribution in [3.8, 4) is 0 Å². The van der Waals surface area contributed by atoms with E-state index >= 15 is 0 Å². The highest BCUT2D eigenvalue weighted by Gasteiger charge is 2.22. The van der Waals surface area contributed by atoms with Crippen molar-refractivity contribution in [2.45, 2.75) is 25.3 Å². The molecular formula is C12H16N2O5. The van der Waals surface area contributed by atoms with Crippen LogP contribution < -0.4 is 11.5 Å². The maximum atomic E-state index is 11.8. The average molecular weight is 268 g/mol. The van der Waals surface area contributed by atoms with Crippen LogP contribution >= 0.6 is 0 Å². The van der Waals surface area contributed by atoms with E-state index in [-0.39, 0.29) is 19.4 Å². The molecule has 7 heteroatoms. The molecule has 0 aliphatic heterocycles. The second kappa shape index (κ2) is 6.81. The highest BCUT2D eigenvalue weighted by Crippen LogP contribution is 2.20. The number of esters is 1. The van der Waals surface area contributed by atoms with Gasteiger partial charge in [0.2, 0.25) is 0 Å². The summed E-state index contributed by atoms with van der Waals surface area (Å²) in [5.41, 5.74) is 11.0. The zero-order chi connectivity index (χ0) is 14.4. The van der Waals surface area contributed by atoms with Gasteiger partial charge in [-0.15, -0.1) is 0 Å². The molecule has 0 aromatic carbocycles. The minimum atomic E-state index is -1.12. The fraction of sp³-hybridized carbons (Fsp3) is 0.417. The van der Waals surface area contributed by atoms with Crippen LogP contribution in [0.25, 0.3) is 0 Å². The van der Waals surface area contributed by atoms with Gasteiger partial charge in [-0.1, -0.05) is 6.08 Å². The number of hydrogen-bond donors (Lipinski definition) is 3. The number of carboxylic acid groups (broad SMARTS) is 1. The summed E-state index contributed by atoms with van der Waals surface area (Å²) >= 11 is 0. The first-order valence-corrected chi connectivity index (χ1v) is 5.74. The minimum Gasteiger partial charge on any atom is -0.481 e. The molecule has 1 atom stereocenters. The molecule has 0 saturated heterocycles. The summed E-state index contributed by atoms with van der Waals surface area (Å²) in [7, 11) is 0. The lowest BCUT2D eigenvalue weighted by Gasteiger charge is -2.15. The van der Waals surface area contributed by atoms with Gasteiger partial charge in [-0.2, -0.15) is 0 Å². The van der Waals surface area contributed by atoms with Crippen molar-refractivity contribution in [2.75, 3.05) is 6.54 Å². The standard InChI is InChI=1S/C12H16N2O5/c13-6-11(17)19-8-3-1-7(2-4-8)12(18)9(14)5-10(15)16/h1,4,9H,2-3,5-6,13-14H2,(H,15,16)/t9-/m1/s1. The number of hydrogen-bond acceptors (Lipinski definition) is 6. The molecule has 0 bridgehead atoms. The SMILES string of the molecule is NCC(=O)OC1=CCC(C(=O)[C@H](N)CC(=O)O)=CC1. The summed E-state index contributed by atoms with van der Waals surface area (Å²) in [6, 6.07) is -1.05. The summed E-state index contributed by atoms with van der Waals surface area (Å²) in [6.45, 7) is -0.212. The smallest absolute Gasteiger partial charge is 0.324 e. The van der Waals surface area contributed by atoms with Gasteiger partial charge in [0.05, 0.1) is 19.0 Å². The highest BCUT2D eigenvalue weighted by atomic mass is 16.5. The number of carbonyl (C=O) groups is 3. The molecule has 0 radical (unpaired) electrons. The van der Waals surface area contributed by atoms with E-state index in [4.69, 9.17) is 21.3 Å². The third-order valence-electron chi connectivity index (χ3n) is 2.56. The van der Waals surface area contributed by atoms with Gasteiger partial charge in [-0.3, -0.25) is 14.4 Å². The van der Waals surface area contributed by atoms with Crippen molar-refractivity contribution < 1.29 is 24.2 Å². The molecule has 19 heavy (non-hydrogen) atoms. The number of aliphatic carboxylic acids is 1. The molecule has 0 unspecified atom stereocenters. The molecule has 0 aromatic heterocycles. The maximum absolute atomic E-state index is 11.8. The molecule has 1 rings (SSSR count). The zero-order valence-corrected chi connectivity index (χ0v) is 10.3. The Hall–Kier alpha value is -1.99. The Morgan fingerprint density at radius 3 is 2.47 bits per heavy atom. The molecule has 0 fully saturated rings. The van der Waals surface area contributed by atoms with E-state index in [0.717, 1.165) is 0 Å². The summed E-state index contributed by atoms with van der Waals surface area (Å²) in [5.74, 6) is -1.64. The van der Waals surface area contributed by atoms with Crippen LogP contribution in [0.15, 0.2) is 23.5 Å². The molecule has 0 aromatic rings. The Labute approximate surface area is 109 Å². The third-order valence-corrected chi connectivity index (χ3v) is 2.56. The molecule has 5 N–H and O–H groups in total. The molecule has 0 heterocycles. The lowest BCUT2D eigenvalue weighted by Crippen LogP contribution is -2.34. The van der Waals surface area contributed by atoms with Gasteiger partial charge in [0.15, 0.2) is 5.78 Å². The van der Waals surface area contributed by atoms with Gasteiger partial charge < -0.3 is 21.3 Å². The maximum Gasteiger partial charge on any atom is 0.324 e. The Morgan fingerprint density at radius 1 is 1.32 bits per heavy atom. The molecule has 1 aliphatic carbocycles. The van der Waals surface area contributed by atoms with Gasteiger partial charge in [0, 0.05) is 6.42 Å². The van der Waals surface area contributed by atoms with Gasteiger partial charge in [-0.05, 0) is 18.1 Å². The molecular weight excluding hydrogens is 252 g/mol. The lowest BCUT2D eigenvalue weighted by atomic mass is 9.95. The normalized spacial score (nSPS) is 16.1.